The molecule has 4 aromatic rings. The first-order valence-corrected chi connectivity index (χ1v) is 15.6. The van der Waals surface area contributed by atoms with Crippen LogP contribution in [-0.4, -0.2) is 24.6 Å². The summed E-state index contributed by atoms with van der Waals surface area (Å²) >= 11 is 0. The van der Waals surface area contributed by atoms with Crippen molar-refractivity contribution in [2.24, 2.45) is 0 Å². The van der Waals surface area contributed by atoms with Gasteiger partial charge in [-0.2, -0.15) is 8.42 Å². The number of nitrogens with zero attached hydrogens (tertiary/aromatic N) is 1. The smallest absolute Gasteiger partial charge is 0.307 e. The van der Waals surface area contributed by atoms with Gasteiger partial charge >= 0.3 is 10.1 Å². The molecule has 0 saturated carbocycles. The lowest BCUT2D eigenvalue weighted by Gasteiger charge is -2.39. The molecule has 6 nitrogen and oxygen atoms in total. The molecule has 3 aromatic carbocycles. The van der Waals surface area contributed by atoms with Crippen LogP contribution in [0.1, 0.15) is 41.5 Å². The number of aromatic nitrogens is 1. The molecular weight excluding hydrogens is 530 g/mol. The van der Waals surface area contributed by atoms with Gasteiger partial charge in [-0.1, -0.05) is 18.2 Å². The van der Waals surface area contributed by atoms with Crippen molar-refractivity contribution in [3.8, 4) is 11.5 Å². The number of benzene rings is 3. The Balaban J connectivity index is 1.94. The van der Waals surface area contributed by atoms with Crippen molar-refractivity contribution in [3.05, 3.63) is 103 Å². The van der Waals surface area contributed by atoms with Gasteiger partial charge in [0.25, 0.3) is 0 Å². The summed E-state index contributed by atoms with van der Waals surface area (Å²) < 4.78 is 46.1. The lowest BCUT2D eigenvalue weighted by atomic mass is 10.2. The molecule has 0 aliphatic carbocycles. The largest absolute Gasteiger partial charge is 0.488 e. The summed E-state index contributed by atoms with van der Waals surface area (Å²) in [5.41, 5.74) is -0.768. The standard InChI is InChI=1S/C31H35NO5S2/c1-30(2,3)35-24-14-18-26(19-15-24)38(29-13-10-22-32-23-29,37-39(33,34)28-11-8-7-9-12-28)27-20-16-25(17-21-27)36-31(4,5)6/h7-23H,1-6H3. The monoisotopic (exact) mass is 565 g/mol. The quantitative estimate of drug-likeness (QED) is 0.215. The van der Waals surface area contributed by atoms with Crippen molar-refractivity contribution < 1.29 is 21.5 Å². The van der Waals surface area contributed by atoms with Crippen LogP contribution in [0.4, 0.5) is 0 Å². The summed E-state index contributed by atoms with van der Waals surface area (Å²) in [4.78, 5) is 6.41. The van der Waals surface area contributed by atoms with Crippen LogP contribution in [0.3, 0.4) is 0 Å². The van der Waals surface area contributed by atoms with Crippen molar-refractivity contribution in [1.82, 2.24) is 4.98 Å². The van der Waals surface area contributed by atoms with Crippen LogP contribution in [0.5, 0.6) is 11.5 Å². The fourth-order valence-corrected chi connectivity index (χ4v) is 9.07. The van der Waals surface area contributed by atoms with E-state index in [-0.39, 0.29) is 16.1 Å². The molecule has 8 heteroatoms. The molecule has 0 unspecified atom stereocenters. The van der Waals surface area contributed by atoms with E-state index in [2.05, 4.69) is 4.98 Å². The van der Waals surface area contributed by atoms with Gasteiger partial charge in [0.2, 0.25) is 0 Å². The van der Waals surface area contributed by atoms with Crippen molar-refractivity contribution >= 4 is 20.4 Å². The van der Waals surface area contributed by atoms with Crippen LogP contribution in [-0.2, 0) is 13.7 Å². The average molecular weight is 566 g/mol. The zero-order chi connectivity index (χ0) is 28.3. The van der Waals surface area contributed by atoms with Crippen molar-refractivity contribution in [3.63, 3.8) is 0 Å². The first kappa shape index (κ1) is 28.7. The van der Waals surface area contributed by atoms with Crippen molar-refractivity contribution in [2.45, 2.75) is 72.3 Å². The highest BCUT2D eigenvalue weighted by molar-refractivity contribution is 8.33. The molecule has 39 heavy (non-hydrogen) atoms. The summed E-state index contributed by atoms with van der Waals surface area (Å²) in [6.45, 7) is 11.9. The zero-order valence-corrected chi connectivity index (χ0v) is 24.8. The van der Waals surface area contributed by atoms with Crippen LogP contribution in [0.25, 0.3) is 0 Å². The van der Waals surface area contributed by atoms with E-state index in [1.54, 1.807) is 36.7 Å². The van der Waals surface area contributed by atoms with E-state index < -0.39 is 20.4 Å². The Morgan fingerprint density at radius 2 is 1.03 bits per heavy atom. The van der Waals surface area contributed by atoms with Gasteiger partial charge in [0.1, 0.15) is 22.7 Å². The van der Waals surface area contributed by atoms with Gasteiger partial charge in [0, 0.05) is 27.1 Å². The SMILES string of the molecule is CC(C)(C)Oc1ccc(S(OS(=O)(=O)c2ccccc2)(c2ccc(OC(C)(C)C)cc2)c2cccnc2)cc1. The minimum Gasteiger partial charge on any atom is -0.488 e. The Bertz CT molecular complexity index is 1420. The van der Waals surface area contributed by atoms with Crippen LogP contribution in [0.15, 0.2) is 123 Å². The van der Waals surface area contributed by atoms with Crippen molar-refractivity contribution in [2.75, 3.05) is 0 Å². The first-order chi connectivity index (χ1) is 18.3. The summed E-state index contributed by atoms with van der Waals surface area (Å²) in [6, 6.07) is 26.6. The predicted octanol–water partition coefficient (Wildman–Crippen LogP) is 8.04. The third-order valence-corrected chi connectivity index (χ3v) is 10.5. The van der Waals surface area contributed by atoms with E-state index in [1.165, 1.54) is 12.1 Å². The highest BCUT2D eigenvalue weighted by Gasteiger charge is 2.39. The molecule has 1 aromatic heterocycles. The summed E-state index contributed by atoms with van der Waals surface area (Å²) in [5, 5.41) is 0. The fraction of sp³-hybridized carbons (Fsp3) is 0.258. The van der Waals surface area contributed by atoms with Gasteiger partial charge in [-0.3, -0.25) is 4.98 Å². The van der Waals surface area contributed by atoms with Gasteiger partial charge in [0.15, 0.2) is 0 Å². The van der Waals surface area contributed by atoms with E-state index >= 15 is 0 Å². The number of hydrogen-bond acceptors (Lipinski definition) is 6. The minimum atomic E-state index is -4.19. The Labute approximate surface area is 233 Å². The first-order valence-electron chi connectivity index (χ1n) is 12.6. The lowest BCUT2D eigenvalue weighted by molar-refractivity contribution is 0.130. The van der Waals surface area contributed by atoms with Gasteiger partial charge in [0.05, 0.1) is 4.90 Å². The average Bonchev–Trinajstić information content (AvgIpc) is 2.88. The maximum Gasteiger partial charge on any atom is 0.307 e. The molecular formula is C31H35NO5S2. The van der Waals surface area contributed by atoms with Crippen molar-refractivity contribution in [1.29, 1.82) is 0 Å². The second-order valence-corrected chi connectivity index (χ2v) is 15.4. The van der Waals surface area contributed by atoms with Crippen LogP contribution < -0.4 is 9.47 Å². The molecule has 0 atom stereocenters. The van der Waals surface area contributed by atoms with E-state index in [0.717, 1.165) is 0 Å². The molecule has 0 bridgehead atoms. The third kappa shape index (κ3) is 7.01. The van der Waals surface area contributed by atoms with Gasteiger partial charge in [-0.15, -0.1) is 0 Å². The highest BCUT2D eigenvalue weighted by Crippen LogP contribution is 2.70. The molecule has 0 aliphatic heterocycles. The summed E-state index contributed by atoms with van der Waals surface area (Å²) in [5.74, 6) is 1.34. The molecule has 0 saturated heterocycles. The van der Waals surface area contributed by atoms with E-state index in [0.29, 0.717) is 26.2 Å². The second kappa shape index (κ2) is 11.0. The molecule has 206 valence electrons. The number of ether oxygens (including phenoxy) is 2. The third-order valence-electron chi connectivity index (χ3n) is 5.35. The molecule has 0 fully saturated rings. The molecule has 0 spiro atoms. The Morgan fingerprint density at radius 1 is 0.564 bits per heavy atom. The molecule has 4 rings (SSSR count). The van der Waals surface area contributed by atoms with Crippen LogP contribution in [0, 0.1) is 0 Å². The molecule has 0 aliphatic rings. The summed E-state index contributed by atoms with van der Waals surface area (Å²) in [6.07, 6.45) is 3.31. The lowest BCUT2D eigenvalue weighted by Crippen LogP contribution is -2.23. The van der Waals surface area contributed by atoms with Gasteiger partial charge in [-0.25, -0.2) is 3.63 Å². The zero-order valence-electron chi connectivity index (χ0n) is 23.1. The Hall–Kier alpha value is -3.33. The second-order valence-electron chi connectivity index (χ2n) is 11.0. The predicted molar refractivity (Wildman–Crippen MR) is 155 cm³/mol. The van der Waals surface area contributed by atoms with E-state index in [4.69, 9.17) is 13.1 Å². The molecule has 0 N–H and O–H groups in total. The Kier molecular flexibility index (Phi) is 8.12. The van der Waals surface area contributed by atoms with E-state index in [1.807, 2.05) is 96.1 Å². The van der Waals surface area contributed by atoms with Gasteiger partial charge < -0.3 is 9.47 Å². The maximum atomic E-state index is 13.8. The fourth-order valence-electron chi connectivity index (χ4n) is 3.91. The van der Waals surface area contributed by atoms with E-state index in [9.17, 15) is 8.42 Å². The van der Waals surface area contributed by atoms with Crippen LogP contribution >= 0.6 is 10.3 Å². The molecule has 0 radical (unpaired) electrons. The topological polar surface area (TPSA) is 74.7 Å². The van der Waals surface area contributed by atoms with Crippen LogP contribution in [0.2, 0.25) is 0 Å². The number of rotatable bonds is 8. The normalized spacial score (nSPS) is 13.1. The van der Waals surface area contributed by atoms with Gasteiger partial charge in [-0.05, 0) is 125 Å². The molecule has 0 amide bonds. The number of pyridine rings is 1. The minimum absolute atomic E-state index is 0.0751. The highest BCUT2D eigenvalue weighted by atomic mass is 32.3. The molecule has 1 heterocycles. The summed E-state index contributed by atoms with van der Waals surface area (Å²) in [7, 11) is -7.01. The number of hydrogen-bond donors (Lipinski definition) is 0. The maximum absolute atomic E-state index is 13.8. The Morgan fingerprint density at radius 3 is 1.44 bits per heavy atom.